The molecule has 1 amide bonds. The second-order valence-corrected chi connectivity index (χ2v) is 8.30. The summed E-state index contributed by atoms with van der Waals surface area (Å²) in [5, 5.41) is 1.12. The number of para-hydroxylation sites is 1. The van der Waals surface area contributed by atoms with Crippen LogP contribution in [0.25, 0.3) is 17.0 Å². The maximum atomic E-state index is 12.9. The van der Waals surface area contributed by atoms with Crippen LogP contribution in [0.15, 0.2) is 64.1 Å². The Bertz CT molecular complexity index is 1050. The van der Waals surface area contributed by atoms with Gasteiger partial charge in [0.05, 0.1) is 10.6 Å². The summed E-state index contributed by atoms with van der Waals surface area (Å²) in [6.07, 6.45) is 3.97. The van der Waals surface area contributed by atoms with Gasteiger partial charge in [-0.1, -0.05) is 64.2 Å². The second kappa shape index (κ2) is 6.44. The van der Waals surface area contributed by atoms with Gasteiger partial charge in [-0.3, -0.25) is 9.69 Å². The summed E-state index contributed by atoms with van der Waals surface area (Å²) in [6, 6.07) is 15.8. The molecule has 0 unspecified atom stereocenters. The largest absolute Gasteiger partial charge is 0.350 e. The first-order chi connectivity index (χ1) is 12.0. The molecule has 1 aliphatic rings. The molecule has 0 atom stereocenters. The number of aryl methyl sites for hydroxylation is 1. The van der Waals surface area contributed by atoms with Crippen LogP contribution in [-0.2, 0) is 11.8 Å². The lowest BCUT2D eigenvalue weighted by molar-refractivity contribution is -0.113. The Kier molecular flexibility index (Phi) is 4.27. The van der Waals surface area contributed by atoms with Gasteiger partial charge >= 0.3 is 0 Å². The Morgan fingerprint density at radius 3 is 2.76 bits per heavy atom. The number of carbonyl (C=O) groups is 1. The van der Waals surface area contributed by atoms with Gasteiger partial charge in [-0.2, -0.15) is 0 Å². The maximum Gasteiger partial charge on any atom is 0.270 e. The van der Waals surface area contributed by atoms with Crippen molar-refractivity contribution in [3.63, 3.8) is 0 Å². The van der Waals surface area contributed by atoms with E-state index < -0.39 is 0 Å². The van der Waals surface area contributed by atoms with E-state index in [1.165, 1.54) is 11.8 Å². The van der Waals surface area contributed by atoms with Crippen LogP contribution in [0.3, 0.4) is 0 Å². The van der Waals surface area contributed by atoms with Gasteiger partial charge in [0.1, 0.15) is 0 Å². The van der Waals surface area contributed by atoms with Crippen LogP contribution in [0.5, 0.6) is 0 Å². The summed E-state index contributed by atoms with van der Waals surface area (Å²) in [6.45, 7) is 0. The first-order valence-electron chi connectivity index (χ1n) is 7.62. The summed E-state index contributed by atoms with van der Waals surface area (Å²) in [5.41, 5.74) is 2.93. The zero-order valence-electron chi connectivity index (χ0n) is 13.3. The van der Waals surface area contributed by atoms with Crippen molar-refractivity contribution in [1.82, 2.24) is 4.57 Å². The molecule has 1 saturated heterocycles. The maximum absolute atomic E-state index is 12.9. The highest BCUT2D eigenvalue weighted by Crippen LogP contribution is 2.37. The van der Waals surface area contributed by atoms with Gasteiger partial charge in [0.15, 0.2) is 4.32 Å². The average Bonchev–Trinajstić information content (AvgIpc) is 3.05. The molecule has 0 N–H and O–H groups in total. The van der Waals surface area contributed by atoms with Gasteiger partial charge < -0.3 is 4.57 Å². The fourth-order valence-electron chi connectivity index (χ4n) is 2.93. The number of hydrogen-bond donors (Lipinski definition) is 0. The number of nitrogens with zero attached hydrogens (tertiary/aromatic N) is 2. The van der Waals surface area contributed by atoms with Crippen LogP contribution < -0.4 is 4.90 Å². The lowest BCUT2D eigenvalue weighted by Crippen LogP contribution is -2.27. The summed E-state index contributed by atoms with van der Waals surface area (Å²) >= 11 is 10.2. The molecule has 2 heterocycles. The zero-order chi connectivity index (χ0) is 17.6. The molecular formula is C19H13BrN2OS2. The average molecular weight is 429 g/mol. The Hall–Kier alpha value is -1.89. The van der Waals surface area contributed by atoms with E-state index in [0.717, 1.165) is 26.6 Å². The van der Waals surface area contributed by atoms with Crippen molar-refractivity contribution in [1.29, 1.82) is 0 Å². The van der Waals surface area contributed by atoms with Crippen molar-refractivity contribution in [3.05, 3.63) is 69.7 Å². The van der Waals surface area contributed by atoms with Crippen LogP contribution in [0.1, 0.15) is 5.56 Å². The SMILES string of the molecule is Cn1cc(/C=C2/SC(=S)N(c3cccc(Br)c3)C2=O)c2ccccc21. The number of benzene rings is 2. The second-order valence-electron chi connectivity index (χ2n) is 5.71. The molecule has 1 fully saturated rings. The van der Waals surface area contributed by atoms with Crippen molar-refractivity contribution < 1.29 is 4.79 Å². The monoisotopic (exact) mass is 428 g/mol. The smallest absolute Gasteiger partial charge is 0.270 e. The third-order valence-corrected chi connectivity index (χ3v) is 5.87. The number of rotatable bonds is 2. The predicted octanol–water partition coefficient (Wildman–Crippen LogP) is 5.35. The molecular weight excluding hydrogens is 416 g/mol. The van der Waals surface area contributed by atoms with Gasteiger partial charge in [-0.15, -0.1) is 0 Å². The highest BCUT2D eigenvalue weighted by Gasteiger charge is 2.33. The number of thiocarbonyl (C=S) groups is 1. The number of thioether (sulfide) groups is 1. The van der Waals surface area contributed by atoms with Gasteiger partial charge in [0.25, 0.3) is 5.91 Å². The third-order valence-electron chi connectivity index (χ3n) is 4.07. The Morgan fingerprint density at radius 1 is 1.16 bits per heavy atom. The minimum atomic E-state index is -0.0824. The first kappa shape index (κ1) is 16.6. The van der Waals surface area contributed by atoms with Crippen molar-refractivity contribution in [3.8, 4) is 0 Å². The molecule has 0 bridgehead atoms. The number of hydrogen-bond acceptors (Lipinski definition) is 3. The lowest BCUT2D eigenvalue weighted by atomic mass is 10.1. The Balaban J connectivity index is 1.75. The number of aromatic nitrogens is 1. The minimum Gasteiger partial charge on any atom is -0.350 e. The summed E-state index contributed by atoms with van der Waals surface area (Å²) < 4.78 is 3.53. The van der Waals surface area contributed by atoms with E-state index in [1.54, 1.807) is 4.90 Å². The summed E-state index contributed by atoms with van der Waals surface area (Å²) in [5.74, 6) is -0.0824. The highest BCUT2D eigenvalue weighted by atomic mass is 79.9. The van der Waals surface area contributed by atoms with Crippen molar-refractivity contribution in [2.24, 2.45) is 7.05 Å². The molecule has 3 aromatic rings. The quantitative estimate of drug-likeness (QED) is 0.406. The fourth-order valence-corrected chi connectivity index (χ4v) is 4.61. The molecule has 0 radical (unpaired) electrons. The molecule has 3 nitrogen and oxygen atoms in total. The van der Waals surface area contributed by atoms with E-state index in [-0.39, 0.29) is 5.91 Å². The van der Waals surface area contributed by atoms with E-state index >= 15 is 0 Å². The summed E-state index contributed by atoms with van der Waals surface area (Å²) in [4.78, 5) is 15.1. The summed E-state index contributed by atoms with van der Waals surface area (Å²) in [7, 11) is 2.01. The van der Waals surface area contributed by atoms with E-state index in [4.69, 9.17) is 12.2 Å². The third kappa shape index (κ3) is 2.94. The van der Waals surface area contributed by atoms with E-state index in [0.29, 0.717) is 9.23 Å². The topological polar surface area (TPSA) is 25.2 Å². The fraction of sp³-hybridized carbons (Fsp3) is 0.0526. The number of carbonyl (C=O) groups excluding carboxylic acids is 1. The van der Waals surface area contributed by atoms with E-state index in [2.05, 4.69) is 32.6 Å². The molecule has 0 aliphatic carbocycles. The normalized spacial score (nSPS) is 16.4. The molecule has 4 rings (SSSR count). The highest BCUT2D eigenvalue weighted by molar-refractivity contribution is 9.10. The zero-order valence-corrected chi connectivity index (χ0v) is 16.5. The molecule has 6 heteroatoms. The molecule has 2 aromatic carbocycles. The molecule has 1 aromatic heterocycles. The standard InChI is InChI=1S/C19H13BrN2OS2/c1-21-11-12(15-7-2-3-8-16(15)21)9-17-18(23)22(19(24)25-17)14-6-4-5-13(20)10-14/h2-11H,1H3/b17-9+. The predicted molar refractivity (Wildman–Crippen MR) is 113 cm³/mol. The van der Waals surface area contributed by atoms with Gasteiger partial charge in [-0.25, -0.2) is 0 Å². The van der Waals surface area contributed by atoms with Crippen molar-refractivity contribution in [2.75, 3.05) is 4.90 Å². The van der Waals surface area contributed by atoms with Crippen LogP contribution in [0, 0.1) is 0 Å². The molecule has 25 heavy (non-hydrogen) atoms. The number of amides is 1. The van der Waals surface area contributed by atoms with Gasteiger partial charge in [0.2, 0.25) is 0 Å². The molecule has 1 aliphatic heterocycles. The lowest BCUT2D eigenvalue weighted by Gasteiger charge is -2.14. The van der Waals surface area contributed by atoms with Gasteiger partial charge in [-0.05, 0) is 30.3 Å². The van der Waals surface area contributed by atoms with Gasteiger partial charge in [0, 0.05) is 34.2 Å². The van der Waals surface area contributed by atoms with Crippen LogP contribution in [0.2, 0.25) is 0 Å². The van der Waals surface area contributed by atoms with E-state index in [9.17, 15) is 4.79 Å². The van der Waals surface area contributed by atoms with E-state index in [1.807, 2.05) is 55.7 Å². The molecule has 0 saturated carbocycles. The van der Waals surface area contributed by atoms with Crippen LogP contribution in [0.4, 0.5) is 5.69 Å². The number of halogens is 1. The molecule has 124 valence electrons. The Labute approximate surface area is 163 Å². The first-order valence-corrected chi connectivity index (χ1v) is 9.64. The van der Waals surface area contributed by atoms with Crippen LogP contribution in [-0.4, -0.2) is 14.8 Å². The molecule has 0 spiro atoms. The Morgan fingerprint density at radius 2 is 1.96 bits per heavy atom. The van der Waals surface area contributed by atoms with Crippen molar-refractivity contribution in [2.45, 2.75) is 0 Å². The van der Waals surface area contributed by atoms with Crippen LogP contribution >= 0.6 is 39.9 Å². The number of anilines is 1. The van der Waals surface area contributed by atoms with Crippen molar-refractivity contribution >= 4 is 72.8 Å². The minimum absolute atomic E-state index is 0.0824. The number of fused-ring (bicyclic) bond motifs is 1.